The summed E-state index contributed by atoms with van der Waals surface area (Å²) in [5.41, 5.74) is 1.33. The van der Waals surface area contributed by atoms with E-state index in [1.807, 2.05) is 0 Å². The maximum absolute atomic E-state index is 12.6. The summed E-state index contributed by atoms with van der Waals surface area (Å²) in [7, 11) is 0. The van der Waals surface area contributed by atoms with Crippen LogP contribution in [0, 0.1) is 23.0 Å². The SMILES string of the molecule is Cc1c(NC(=O)[C@H]2CC(=O)N(c3cccc(Cl)c3)C2)cccc1[N+](=O)[O-]. The van der Waals surface area contributed by atoms with E-state index in [1.54, 1.807) is 37.3 Å². The third-order valence-corrected chi connectivity index (χ3v) is 4.61. The summed E-state index contributed by atoms with van der Waals surface area (Å²) in [6.07, 6.45) is 0.0757. The van der Waals surface area contributed by atoms with Gasteiger partial charge in [-0.1, -0.05) is 23.7 Å². The van der Waals surface area contributed by atoms with E-state index < -0.39 is 10.8 Å². The van der Waals surface area contributed by atoms with Crippen molar-refractivity contribution in [1.82, 2.24) is 0 Å². The lowest BCUT2D eigenvalue weighted by Crippen LogP contribution is -2.28. The van der Waals surface area contributed by atoms with Gasteiger partial charge in [0.15, 0.2) is 0 Å². The fourth-order valence-corrected chi connectivity index (χ4v) is 3.15. The number of carbonyl (C=O) groups excluding carboxylic acids is 2. The molecule has 1 aliphatic rings. The van der Waals surface area contributed by atoms with Crippen molar-refractivity contribution in [2.24, 2.45) is 5.92 Å². The van der Waals surface area contributed by atoms with E-state index in [4.69, 9.17) is 11.6 Å². The molecule has 0 spiro atoms. The van der Waals surface area contributed by atoms with Gasteiger partial charge in [0.25, 0.3) is 5.69 Å². The highest BCUT2D eigenvalue weighted by molar-refractivity contribution is 6.31. The first-order chi connectivity index (χ1) is 12.4. The van der Waals surface area contributed by atoms with E-state index in [-0.39, 0.29) is 30.5 Å². The monoisotopic (exact) mass is 373 g/mol. The Kier molecular flexibility index (Phi) is 4.90. The second-order valence-electron chi connectivity index (χ2n) is 6.08. The van der Waals surface area contributed by atoms with Gasteiger partial charge in [-0.3, -0.25) is 19.7 Å². The van der Waals surface area contributed by atoms with Crippen molar-refractivity contribution in [1.29, 1.82) is 0 Å². The van der Waals surface area contributed by atoms with Crippen molar-refractivity contribution in [3.05, 3.63) is 63.2 Å². The van der Waals surface area contributed by atoms with Crippen molar-refractivity contribution >= 4 is 40.5 Å². The topological polar surface area (TPSA) is 92.6 Å². The van der Waals surface area contributed by atoms with E-state index >= 15 is 0 Å². The van der Waals surface area contributed by atoms with Crippen LogP contribution in [0.15, 0.2) is 42.5 Å². The number of hydrogen-bond acceptors (Lipinski definition) is 4. The van der Waals surface area contributed by atoms with Crippen LogP contribution < -0.4 is 10.2 Å². The molecule has 26 heavy (non-hydrogen) atoms. The van der Waals surface area contributed by atoms with Gasteiger partial charge in [0.1, 0.15) is 0 Å². The summed E-state index contributed by atoms with van der Waals surface area (Å²) in [6.45, 7) is 1.81. The van der Waals surface area contributed by atoms with Crippen LogP contribution in [0.5, 0.6) is 0 Å². The average Bonchev–Trinajstić information content (AvgIpc) is 2.98. The van der Waals surface area contributed by atoms with Gasteiger partial charge in [-0.05, 0) is 31.2 Å². The van der Waals surface area contributed by atoms with Crippen LogP contribution in [0.25, 0.3) is 0 Å². The third kappa shape index (κ3) is 3.52. The lowest BCUT2D eigenvalue weighted by atomic mass is 10.1. The minimum Gasteiger partial charge on any atom is -0.325 e. The first-order valence-corrected chi connectivity index (χ1v) is 8.35. The Balaban J connectivity index is 1.75. The quantitative estimate of drug-likeness (QED) is 0.655. The first-order valence-electron chi connectivity index (χ1n) is 7.97. The van der Waals surface area contributed by atoms with E-state index in [9.17, 15) is 19.7 Å². The van der Waals surface area contributed by atoms with Gasteiger partial charge in [0.2, 0.25) is 11.8 Å². The first kappa shape index (κ1) is 17.9. The molecular formula is C18H16ClN3O4. The molecule has 1 saturated heterocycles. The van der Waals surface area contributed by atoms with Gasteiger partial charge in [-0.15, -0.1) is 0 Å². The Morgan fingerprint density at radius 3 is 2.73 bits per heavy atom. The van der Waals surface area contributed by atoms with E-state index in [1.165, 1.54) is 17.0 Å². The zero-order valence-electron chi connectivity index (χ0n) is 13.9. The number of nitrogens with zero attached hydrogens (tertiary/aromatic N) is 2. The molecule has 0 aromatic heterocycles. The number of hydrogen-bond donors (Lipinski definition) is 1. The van der Waals surface area contributed by atoms with Crippen molar-refractivity contribution < 1.29 is 14.5 Å². The van der Waals surface area contributed by atoms with Gasteiger partial charge < -0.3 is 10.2 Å². The summed E-state index contributed by atoms with van der Waals surface area (Å²) in [4.78, 5) is 36.9. The number of benzene rings is 2. The third-order valence-electron chi connectivity index (χ3n) is 4.38. The summed E-state index contributed by atoms with van der Waals surface area (Å²) in [5, 5.41) is 14.2. The Bertz CT molecular complexity index is 900. The number of halogens is 1. The van der Waals surface area contributed by atoms with Gasteiger partial charge in [-0.25, -0.2) is 0 Å². The standard InChI is InChI=1S/C18H16ClN3O4/c1-11-15(6-3-7-16(11)22(25)26)20-18(24)12-8-17(23)21(10-12)14-5-2-4-13(19)9-14/h2-7,9,12H,8,10H2,1H3,(H,20,24)/t12-/m0/s1. The molecule has 2 aromatic rings. The number of rotatable bonds is 4. The van der Waals surface area contributed by atoms with E-state index in [0.29, 0.717) is 22.0 Å². The van der Waals surface area contributed by atoms with Gasteiger partial charge in [-0.2, -0.15) is 0 Å². The molecule has 134 valence electrons. The van der Waals surface area contributed by atoms with Crippen molar-refractivity contribution in [3.63, 3.8) is 0 Å². The fourth-order valence-electron chi connectivity index (χ4n) is 2.97. The number of nitro groups is 1. The molecule has 0 radical (unpaired) electrons. The predicted molar refractivity (Wildman–Crippen MR) is 98.4 cm³/mol. The molecule has 0 aliphatic carbocycles. The fraction of sp³-hybridized carbons (Fsp3) is 0.222. The smallest absolute Gasteiger partial charge is 0.274 e. The minimum absolute atomic E-state index is 0.0640. The Hall–Kier alpha value is -2.93. The Labute approximate surface area is 154 Å². The molecule has 1 fully saturated rings. The van der Waals surface area contributed by atoms with E-state index in [0.717, 1.165) is 0 Å². The predicted octanol–water partition coefficient (Wildman–Crippen LogP) is 3.55. The van der Waals surface area contributed by atoms with E-state index in [2.05, 4.69) is 5.32 Å². The van der Waals surface area contributed by atoms with Crippen molar-refractivity contribution in [3.8, 4) is 0 Å². The molecule has 8 heteroatoms. The lowest BCUT2D eigenvalue weighted by molar-refractivity contribution is -0.385. The highest BCUT2D eigenvalue weighted by Crippen LogP contribution is 2.29. The molecule has 2 aromatic carbocycles. The van der Waals surface area contributed by atoms with Crippen LogP contribution >= 0.6 is 11.6 Å². The molecule has 1 heterocycles. The Morgan fingerprint density at radius 1 is 1.31 bits per heavy atom. The molecule has 1 aliphatic heterocycles. The van der Waals surface area contributed by atoms with Crippen LogP contribution in [0.1, 0.15) is 12.0 Å². The van der Waals surface area contributed by atoms with Crippen LogP contribution in [0.4, 0.5) is 17.1 Å². The maximum Gasteiger partial charge on any atom is 0.274 e. The van der Waals surface area contributed by atoms with Crippen LogP contribution in [0.2, 0.25) is 5.02 Å². The summed E-state index contributed by atoms with van der Waals surface area (Å²) in [6, 6.07) is 11.4. The maximum atomic E-state index is 12.6. The molecule has 3 rings (SSSR count). The number of nitrogens with one attached hydrogen (secondary N) is 1. The molecule has 0 unspecified atom stereocenters. The molecule has 1 N–H and O–H groups in total. The molecule has 7 nitrogen and oxygen atoms in total. The molecule has 2 amide bonds. The zero-order chi connectivity index (χ0) is 18.8. The van der Waals surface area contributed by atoms with Crippen LogP contribution in [-0.4, -0.2) is 23.3 Å². The van der Waals surface area contributed by atoms with Crippen molar-refractivity contribution in [2.45, 2.75) is 13.3 Å². The summed E-state index contributed by atoms with van der Waals surface area (Å²) < 4.78 is 0. The lowest BCUT2D eigenvalue weighted by Gasteiger charge is -2.17. The Morgan fingerprint density at radius 2 is 2.04 bits per heavy atom. The molecule has 1 atom stereocenters. The normalized spacial score (nSPS) is 16.6. The van der Waals surface area contributed by atoms with Gasteiger partial charge >= 0.3 is 0 Å². The molecule has 0 bridgehead atoms. The number of anilines is 2. The highest BCUT2D eigenvalue weighted by atomic mass is 35.5. The number of carbonyl (C=O) groups is 2. The number of amides is 2. The van der Waals surface area contributed by atoms with Gasteiger partial charge in [0, 0.05) is 29.7 Å². The van der Waals surface area contributed by atoms with Gasteiger partial charge in [0.05, 0.1) is 22.1 Å². The largest absolute Gasteiger partial charge is 0.325 e. The molecular weight excluding hydrogens is 358 g/mol. The highest BCUT2D eigenvalue weighted by Gasteiger charge is 2.35. The minimum atomic E-state index is -0.542. The second-order valence-corrected chi connectivity index (χ2v) is 6.52. The van der Waals surface area contributed by atoms with Crippen molar-refractivity contribution in [2.75, 3.05) is 16.8 Å². The second kappa shape index (κ2) is 7.13. The summed E-state index contributed by atoms with van der Waals surface area (Å²) in [5.74, 6) is -1.05. The zero-order valence-corrected chi connectivity index (χ0v) is 14.7. The van der Waals surface area contributed by atoms with Crippen LogP contribution in [-0.2, 0) is 9.59 Å². The molecule has 0 saturated carbocycles. The summed E-state index contributed by atoms with van der Waals surface area (Å²) >= 11 is 5.96. The average molecular weight is 374 g/mol. The van der Waals surface area contributed by atoms with Crippen LogP contribution in [0.3, 0.4) is 0 Å². The number of nitro benzene ring substituents is 1.